The Kier molecular flexibility index (Phi) is 7.52. The minimum atomic E-state index is -0.767. The molecule has 0 saturated heterocycles. The molecule has 3 N–H and O–H groups in total. The van der Waals surface area contributed by atoms with Gasteiger partial charge in [-0.1, -0.05) is 44.5 Å². The summed E-state index contributed by atoms with van der Waals surface area (Å²) in [6.07, 6.45) is 0.0967. The van der Waals surface area contributed by atoms with E-state index in [1.165, 1.54) is 0 Å². The van der Waals surface area contributed by atoms with Gasteiger partial charge in [0.15, 0.2) is 0 Å². The van der Waals surface area contributed by atoms with Gasteiger partial charge in [0.2, 0.25) is 11.8 Å². The molecule has 1 rings (SSSR count). The van der Waals surface area contributed by atoms with Gasteiger partial charge >= 0.3 is 0 Å². The quantitative estimate of drug-likeness (QED) is 0.667. The van der Waals surface area contributed by atoms with Crippen LogP contribution in [0, 0.1) is 5.41 Å². The van der Waals surface area contributed by atoms with E-state index in [4.69, 9.17) is 11.6 Å². The minimum Gasteiger partial charge on any atom is -0.387 e. The molecule has 1 aromatic carbocycles. The van der Waals surface area contributed by atoms with E-state index in [1.807, 2.05) is 20.8 Å². The number of benzene rings is 1. The molecule has 5 nitrogen and oxygen atoms in total. The first-order valence-electron chi connectivity index (χ1n) is 7.68. The Morgan fingerprint density at radius 3 is 2.35 bits per heavy atom. The zero-order chi connectivity index (χ0) is 17.5. The van der Waals surface area contributed by atoms with Gasteiger partial charge in [-0.25, -0.2) is 0 Å². The molecule has 0 aromatic heterocycles. The molecule has 0 aliphatic heterocycles. The molecule has 6 heteroatoms. The van der Waals surface area contributed by atoms with E-state index in [-0.39, 0.29) is 18.4 Å². The third-order valence-electron chi connectivity index (χ3n) is 3.29. The van der Waals surface area contributed by atoms with Crippen LogP contribution >= 0.6 is 11.6 Å². The Bertz CT molecular complexity index is 524. The molecule has 0 saturated carbocycles. The molecule has 0 aliphatic rings. The fourth-order valence-corrected chi connectivity index (χ4v) is 1.94. The van der Waals surface area contributed by atoms with E-state index in [0.29, 0.717) is 30.0 Å². The summed E-state index contributed by atoms with van der Waals surface area (Å²) in [5, 5.41) is 16.1. The van der Waals surface area contributed by atoms with Crippen LogP contribution < -0.4 is 10.6 Å². The fraction of sp³-hybridized carbons (Fsp3) is 0.529. The van der Waals surface area contributed by atoms with E-state index in [9.17, 15) is 14.7 Å². The molecule has 0 aliphatic carbocycles. The predicted octanol–water partition coefficient (Wildman–Crippen LogP) is 2.43. The monoisotopic (exact) mass is 340 g/mol. The molecule has 128 valence electrons. The van der Waals surface area contributed by atoms with Crippen LogP contribution in [0.25, 0.3) is 0 Å². The van der Waals surface area contributed by atoms with E-state index < -0.39 is 11.5 Å². The lowest BCUT2D eigenvalue weighted by atomic mass is 9.96. The Balaban J connectivity index is 2.22. The van der Waals surface area contributed by atoms with Crippen molar-refractivity contribution >= 4 is 23.4 Å². The number of nitrogens with one attached hydrogen (secondary N) is 2. The van der Waals surface area contributed by atoms with Crippen molar-refractivity contribution in [1.29, 1.82) is 0 Å². The molecule has 0 heterocycles. The van der Waals surface area contributed by atoms with Gasteiger partial charge < -0.3 is 15.7 Å². The van der Waals surface area contributed by atoms with Crippen molar-refractivity contribution in [3.05, 3.63) is 34.9 Å². The lowest BCUT2D eigenvalue weighted by molar-refractivity contribution is -0.128. The molecular formula is C17H25ClN2O3. The third kappa shape index (κ3) is 7.48. The number of amides is 2. The van der Waals surface area contributed by atoms with E-state index in [2.05, 4.69) is 10.6 Å². The van der Waals surface area contributed by atoms with Crippen LogP contribution in [0.1, 0.15) is 45.3 Å². The molecule has 1 aromatic rings. The van der Waals surface area contributed by atoms with Crippen LogP contribution in [0.2, 0.25) is 5.02 Å². The fourth-order valence-electron chi connectivity index (χ4n) is 1.82. The van der Waals surface area contributed by atoms with E-state index in [0.717, 1.165) is 0 Å². The normalized spacial score (nSPS) is 12.6. The van der Waals surface area contributed by atoms with E-state index in [1.54, 1.807) is 24.3 Å². The Morgan fingerprint density at radius 2 is 1.78 bits per heavy atom. The number of rotatable bonds is 7. The molecule has 0 bridgehead atoms. The standard InChI is InChI=1S/C17H25ClN2O3/c1-17(2,3)16(23)19-10-4-5-15(22)20-11-14(21)12-6-8-13(18)9-7-12/h6-9,14,21H,4-5,10-11H2,1-3H3,(H,19,23)(H,20,22). The highest BCUT2D eigenvalue weighted by Crippen LogP contribution is 2.15. The van der Waals surface area contributed by atoms with Crippen molar-refractivity contribution in [2.75, 3.05) is 13.1 Å². The zero-order valence-corrected chi connectivity index (χ0v) is 14.6. The number of aliphatic hydroxyl groups excluding tert-OH is 1. The first-order chi connectivity index (χ1) is 10.7. The zero-order valence-electron chi connectivity index (χ0n) is 13.9. The predicted molar refractivity (Wildman–Crippen MR) is 91.1 cm³/mol. The van der Waals surface area contributed by atoms with Crippen molar-refractivity contribution in [2.24, 2.45) is 5.41 Å². The molecule has 1 atom stereocenters. The van der Waals surface area contributed by atoms with Crippen molar-refractivity contribution < 1.29 is 14.7 Å². The number of halogens is 1. The van der Waals surface area contributed by atoms with Crippen molar-refractivity contribution in [1.82, 2.24) is 10.6 Å². The van der Waals surface area contributed by atoms with Gasteiger partial charge in [0.25, 0.3) is 0 Å². The number of carbonyl (C=O) groups excluding carboxylic acids is 2. The summed E-state index contributed by atoms with van der Waals surface area (Å²) in [7, 11) is 0. The molecular weight excluding hydrogens is 316 g/mol. The lowest BCUT2D eigenvalue weighted by Gasteiger charge is -2.17. The molecule has 0 fully saturated rings. The maximum absolute atomic E-state index is 11.7. The number of hydrogen-bond donors (Lipinski definition) is 3. The van der Waals surface area contributed by atoms with Gasteiger partial charge in [0.05, 0.1) is 6.10 Å². The molecule has 0 spiro atoms. The second kappa shape index (κ2) is 8.89. The molecule has 0 radical (unpaired) electrons. The summed E-state index contributed by atoms with van der Waals surface area (Å²) in [6, 6.07) is 6.84. The van der Waals surface area contributed by atoms with Crippen LogP contribution in [0.4, 0.5) is 0 Å². The van der Waals surface area contributed by atoms with Crippen LogP contribution in [0.3, 0.4) is 0 Å². The van der Waals surface area contributed by atoms with Crippen molar-refractivity contribution in [3.8, 4) is 0 Å². The summed E-state index contributed by atoms with van der Waals surface area (Å²) in [5.41, 5.74) is 0.275. The smallest absolute Gasteiger partial charge is 0.225 e. The lowest BCUT2D eigenvalue weighted by Crippen LogP contribution is -2.36. The average Bonchev–Trinajstić information content (AvgIpc) is 2.48. The van der Waals surface area contributed by atoms with Gasteiger partial charge in [0.1, 0.15) is 0 Å². The average molecular weight is 341 g/mol. The van der Waals surface area contributed by atoms with Crippen LogP contribution in [-0.2, 0) is 9.59 Å². The van der Waals surface area contributed by atoms with Crippen LogP contribution in [-0.4, -0.2) is 30.0 Å². The maximum Gasteiger partial charge on any atom is 0.225 e. The molecule has 1 unspecified atom stereocenters. The first kappa shape index (κ1) is 19.5. The topological polar surface area (TPSA) is 78.4 Å². The summed E-state index contributed by atoms with van der Waals surface area (Å²) in [5.74, 6) is -0.181. The van der Waals surface area contributed by atoms with Gasteiger partial charge in [-0.05, 0) is 24.1 Å². The highest BCUT2D eigenvalue weighted by Gasteiger charge is 2.20. The maximum atomic E-state index is 11.7. The van der Waals surface area contributed by atoms with Crippen molar-refractivity contribution in [2.45, 2.75) is 39.7 Å². The summed E-state index contributed by atoms with van der Waals surface area (Å²) >= 11 is 5.78. The summed E-state index contributed by atoms with van der Waals surface area (Å²) in [4.78, 5) is 23.4. The first-order valence-corrected chi connectivity index (χ1v) is 8.06. The van der Waals surface area contributed by atoms with Gasteiger partial charge in [-0.15, -0.1) is 0 Å². The van der Waals surface area contributed by atoms with Gasteiger partial charge in [-0.3, -0.25) is 9.59 Å². The largest absolute Gasteiger partial charge is 0.387 e. The summed E-state index contributed by atoms with van der Waals surface area (Å²) in [6.45, 7) is 6.13. The summed E-state index contributed by atoms with van der Waals surface area (Å²) < 4.78 is 0. The second-order valence-corrected chi connectivity index (χ2v) is 6.92. The highest BCUT2D eigenvalue weighted by molar-refractivity contribution is 6.30. The highest BCUT2D eigenvalue weighted by atomic mass is 35.5. The number of hydrogen-bond acceptors (Lipinski definition) is 3. The molecule has 2 amide bonds. The molecule has 23 heavy (non-hydrogen) atoms. The van der Waals surface area contributed by atoms with E-state index >= 15 is 0 Å². The Morgan fingerprint density at radius 1 is 1.17 bits per heavy atom. The van der Waals surface area contributed by atoms with Crippen LogP contribution in [0.15, 0.2) is 24.3 Å². The number of carbonyl (C=O) groups is 2. The Labute approximate surface area is 142 Å². The van der Waals surface area contributed by atoms with Crippen molar-refractivity contribution in [3.63, 3.8) is 0 Å². The Hall–Kier alpha value is -1.59. The number of aliphatic hydroxyl groups is 1. The third-order valence-corrected chi connectivity index (χ3v) is 3.55. The van der Waals surface area contributed by atoms with Crippen LogP contribution in [0.5, 0.6) is 0 Å². The second-order valence-electron chi connectivity index (χ2n) is 6.48. The minimum absolute atomic E-state index is 0.0314. The SMILES string of the molecule is CC(C)(C)C(=O)NCCCC(=O)NCC(O)c1ccc(Cl)cc1. The van der Waals surface area contributed by atoms with Gasteiger partial charge in [-0.2, -0.15) is 0 Å². The van der Waals surface area contributed by atoms with Gasteiger partial charge in [0, 0.05) is 29.9 Å².